The van der Waals surface area contributed by atoms with Gasteiger partial charge in [0.1, 0.15) is 6.54 Å². The van der Waals surface area contributed by atoms with Crippen molar-refractivity contribution in [2.24, 2.45) is 0 Å². The lowest BCUT2D eigenvalue weighted by Crippen LogP contribution is -2.33. The van der Waals surface area contributed by atoms with Crippen molar-refractivity contribution >= 4 is 10.1 Å². The summed E-state index contributed by atoms with van der Waals surface area (Å²) in [6.45, 7) is 2.75. The van der Waals surface area contributed by atoms with Crippen molar-refractivity contribution in [2.75, 3.05) is 26.9 Å². The second-order valence-corrected chi connectivity index (χ2v) is 6.72. The molecule has 0 amide bonds. The Labute approximate surface area is 111 Å². The topological polar surface area (TPSA) is 57.2 Å². The summed E-state index contributed by atoms with van der Waals surface area (Å²) in [6, 6.07) is 10.6. The summed E-state index contributed by atoms with van der Waals surface area (Å²) >= 11 is 0. The minimum atomic E-state index is -3.92. The smallest absolute Gasteiger partial charge is 0.104 e. The van der Waals surface area contributed by atoms with Crippen LogP contribution in [0.25, 0.3) is 0 Å². The molecule has 0 aliphatic heterocycles. The molecule has 0 spiro atoms. The molecular formula is C13H23NO3S. The molecule has 0 unspecified atom stereocenters. The number of rotatable bonds is 4. The summed E-state index contributed by atoms with van der Waals surface area (Å²) in [5, 5.41) is 0. The number of nitrogens with zero attached hydrogens (tertiary/aromatic N) is 1. The Morgan fingerprint density at radius 1 is 1.11 bits per heavy atom. The van der Waals surface area contributed by atoms with Crippen molar-refractivity contribution in [3.05, 3.63) is 35.9 Å². The van der Waals surface area contributed by atoms with Gasteiger partial charge in [-0.05, 0) is 6.42 Å². The van der Waals surface area contributed by atoms with Gasteiger partial charge < -0.3 is 9.04 Å². The molecule has 0 saturated carbocycles. The first-order valence-corrected chi connectivity index (χ1v) is 7.50. The van der Waals surface area contributed by atoms with Gasteiger partial charge in [-0.25, -0.2) is 8.42 Å². The maximum absolute atomic E-state index is 9.68. The van der Waals surface area contributed by atoms with Gasteiger partial charge in [-0.2, -0.15) is 0 Å². The zero-order valence-electron chi connectivity index (χ0n) is 11.6. The van der Waals surface area contributed by atoms with Crippen molar-refractivity contribution in [3.8, 4) is 0 Å². The minimum Gasteiger partial charge on any atom is -0.748 e. The SMILES string of the molecule is CCCS(=O)(=O)[O-].C[N+](C)(C)Cc1ccccc1. The fourth-order valence-electron chi connectivity index (χ4n) is 1.38. The standard InChI is InChI=1S/C10H16N.C3H8O3S/c1-11(2,3)9-10-7-5-4-6-8-10;1-2-3-7(4,5)6/h4-8H,9H2,1-3H3;2-3H2,1H3,(H,4,5,6)/q+1;/p-1. The summed E-state index contributed by atoms with van der Waals surface area (Å²) in [7, 11) is 2.68. The van der Waals surface area contributed by atoms with Crippen LogP contribution in [-0.4, -0.2) is 44.3 Å². The van der Waals surface area contributed by atoms with Gasteiger partial charge in [-0.15, -0.1) is 0 Å². The zero-order valence-corrected chi connectivity index (χ0v) is 12.4. The Morgan fingerprint density at radius 3 is 1.89 bits per heavy atom. The average molecular weight is 273 g/mol. The fourth-order valence-corrected chi connectivity index (χ4v) is 1.88. The van der Waals surface area contributed by atoms with E-state index >= 15 is 0 Å². The molecule has 4 nitrogen and oxygen atoms in total. The fraction of sp³-hybridized carbons (Fsp3) is 0.538. The van der Waals surface area contributed by atoms with Crippen LogP contribution in [0.15, 0.2) is 30.3 Å². The van der Waals surface area contributed by atoms with Crippen LogP contribution in [0.3, 0.4) is 0 Å². The molecule has 0 aromatic heterocycles. The van der Waals surface area contributed by atoms with Crippen molar-refractivity contribution in [1.82, 2.24) is 0 Å². The monoisotopic (exact) mass is 273 g/mol. The molecule has 0 bridgehead atoms. The zero-order chi connectivity index (χ0) is 14.2. The summed E-state index contributed by atoms with van der Waals surface area (Å²) in [5.74, 6) is -0.243. The molecule has 0 fully saturated rings. The van der Waals surface area contributed by atoms with Crippen LogP contribution in [0, 0.1) is 0 Å². The van der Waals surface area contributed by atoms with Crippen LogP contribution < -0.4 is 0 Å². The van der Waals surface area contributed by atoms with Crippen LogP contribution in [-0.2, 0) is 16.7 Å². The first kappa shape index (κ1) is 17.1. The maximum Gasteiger partial charge on any atom is 0.104 e. The number of benzene rings is 1. The molecule has 0 aliphatic carbocycles. The van der Waals surface area contributed by atoms with E-state index in [1.165, 1.54) is 5.56 Å². The molecule has 1 rings (SSSR count). The Balaban J connectivity index is 0.000000360. The van der Waals surface area contributed by atoms with E-state index in [-0.39, 0.29) is 5.75 Å². The van der Waals surface area contributed by atoms with E-state index < -0.39 is 10.1 Å². The van der Waals surface area contributed by atoms with Gasteiger partial charge in [0, 0.05) is 11.3 Å². The van der Waals surface area contributed by atoms with Crippen molar-refractivity contribution in [2.45, 2.75) is 19.9 Å². The molecule has 1 aromatic rings. The summed E-state index contributed by atoms with van der Waals surface area (Å²) in [5.41, 5.74) is 1.40. The molecule has 18 heavy (non-hydrogen) atoms. The normalized spacial score (nSPS) is 11.6. The Morgan fingerprint density at radius 2 is 1.61 bits per heavy atom. The molecule has 0 atom stereocenters. The first-order valence-electron chi connectivity index (χ1n) is 5.92. The van der Waals surface area contributed by atoms with E-state index in [1.54, 1.807) is 6.92 Å². The molecule has 1 aromatic carbocycles. The van der Waals surface area contributed by atoms with Gasteiger partial charge in [0.2, 0.25) is 0 Å². The highest BCUT2D eigenvalue weighted by atomic mass is 32.2. The molecule has 0 radical (unpaired) electrons. The van der Waals surface area contributed by atoms with Crippen molar-refractivity contribution in [3.63, 3.8) is 0 Å². The van der Waals surface area contributed by atoms with Gasteiger partial charge >= 0.3 is 0 Å². The second-order valence-electron chi connectivity index (χ2n) is 5.20. The van der Waals surface area contributed by atoms with Crippen LogP contribution in [0.2, 0.25) is 0 Å². The largest absolute Gasteiger partial charge is 0.748 e. The van der Waals surface area contributed by atoms with Gasteiger partial charge in [0.25, 0.3) is 0 Å². The van der Waals surface area contributed by atoms with Crippen molar-refractivity contribution in [1.29, 1.82) is 0 Å². The lowest BCUT2D eigenvalue weighted by molar-refractivity contribution is -0.884. The maximum atomic E-state index is 9.68. The van der Waals surface area contributed by atoms with Gasteiger partial charge in [-0.1, -0.05) is 37.3 Å². The predicted molar refractivity (Wildman–Crippen MR) is 73.0 cm³/mol. The molecule has 5 heteroatoms. The predicted octanol–water partition coefficient (Wildman–Crippen LogP) is 1.83. The third kappa shape index (κ3) is 11.6. The van der Waals surface area contributed by atoms with E-state index in [1.807, 2.05) is 0 Å². The third-order valence-electron chi connectivity index (χ3n) is 1.95. The number of quaternary nitrogens is 1. The molecule has 0 N–H and O–H groups in total. The Kier molecular flexibility index (Phi) is 7.13. The number of hydrogen-bond donors (Lipinski definition) is 0. The van der Waals surface area contributed by atoms with Gasteiger partial charge in [0.15, 0.2) is 0 Å². The highest BCUT2D eigenvalue weighted by Gasteiger charge is 2.06. The van der Waals surface area contributed by atoms with Crippen molar-refractivity contribution < 1.29 is 17.5 Å². The summed E-state index contributed by atoms with van der Waals surface area (Å²) in [4.78, 5) is 0. The molecular weight excluding hydrogens is 250 g/mol. The quantitative estimate of drug-likeness (QED) is 0.621. The summed E-state index contributed by atoms with van der Waals surface area (Å²) < 4.78 is 30.0. The van der Waals surface area contributed by atoms with Crippen LogP contribution in [0.5, 0.6) is 0 Å². The highest BCUT2D eigenvalue weighted by Crippen LogP contribution is 2.05. The second kappa shape index (κ2) is 7.51. The Hall–Kier alpha value is -0.910. The molecule has 0 aliphatic rings. The first-order chi connectivity index (χ1) is 8.14. The lowest BCUT2D eigenvalue weighted by atomic mass is 10.2. The molecule has 0 saturated heterocycles. The third-order valence-corrected chi connectivity index (χ3v) is 2.86. The van der Waals surface area contributed by atoms with E-state index in [2.05, 4.69) is 51.5 Å². The van der Waals surface area contributed by atoms with Gasteiger partial charge in [0.05, 0.1) is 31.3 Å². The van der Waals surface area contributed by atoms with E-state index in [0.717, 1.165) is 11.0 Å². The number of hydrogen-bond acceptors (Lipinski definition) is 3. The van der Waals surface area contributed by atoms with E-state index in [9.17, 15) is 13.0 Å². The lowest BCUT2D eigenvalue weighted by Gasteiger charge is -2.23. The van der Waals surface area contributed by atoms with E-state index in [0.29, 0.717) is 6.42 Å². The van der Waals surface area contributed by atoms with Crippen LogP contribution >= 0.6 is 0 Å². The van der Waals surface area contributed by atoms with Gasteiger partial charge in [-0.3, -0.25) is 0 Å². The van der Waals surface area contributed by atoms with E-state index in [4.69, 9.17) is 0 Å². The molecule has 0 heterocycles. The van der Waals surface area contributed by atoms with Crippen LogP contribution in [0.1, 0.15) is 18.9 Å². The molecule has 104 valence electrons. The summed E-state index contributed by atoms with van der Waals surface area (Å²) in [6.07, 6.45) is 0.409. The highest BCUT2D eigenvalue weighted by molar-refractivity contribution is 7.85. The Bertz CT molecular complexity index is 421. The minimum absolute atomic E-state index is 0.243. The van der Waals surface area contributed by atoms with Crippen LogP contribution in [0.4, 0.5) is 0 Å². The average Bonchev–Trinajstić information content (AvgIpc) is 2.15.